The van der Waals surface area contributed by atoms with Gasteiger partial charge in [0.1, 0.15) is 0 Å². The summed E-state index contributed by atoms with van der Waals surface area (Å²) < 4.78 is 5.20. The molecule has 1 amide bonds. The molecule has 2 fully saturated rings. The Labute approximate surface area is 143 Å². The monoisotopic (exact) mass is 324 g/mol. The molecule has 4 heteroatoms. The molecule has 126 valence electrons. The predicted octanol–water partition coefficient (Wildman–Crippen LogP) is 3.04. The van der Waals surface area contributed by atoms with Crippen LogP contribution in [0.15, 0.2) is 53.3 Å². The van der Waals surface area contributed by atoms with E-state index >= 15 is 0 Å². The Morgan fingerprint density at radius 2 is 2.00 bits per heavy atom. The summed E-state index contributed by atoms with van der Waals surface area (Å²) in [7, 11) is 0. The molecular weight excluding hydrogens is 300 g/mol. The van der Waals surface area contributed by atoms with E-state index in [1.807, 2.05) is 12.3 Å². The molecular formula is C20H24N2O2. The maximum Gasteiger partial charge on any atom is 0.219 e. The van der Waals surface area contributed by atoms with Crippen LogP contribution in [0.4, 0.5) is 0 Å². The molecule has 4 rings (SSSR count). The highest BCUT2D eigenvalue weighted by Crippen LogP contribution is 2.46. The van der Waals surface area contributed by atoms with Crippen molar-refractivity contribution in [1.82, 2.24) is 9.80 Å². The number of fused-ring (bicyclic) bond motifs is 1. The number of carbonyl (C=O) groups is 1. The van der Waals surface area contributed by atoms with Crippen LogP contribution in [0.2, 0.25) is 0 Å². The maximum atomic E-state index is 12.2. The van der Waals surface area contributed by atoms with E-state index in [-0.39, 0.29) is 17.4 Å². The molecule has 2 saturated heterocycles. The predicted molar refractivity (Wildman–Crippen MR) is 92.5 cm³/mol. The van der Waals surface area contributed by atoms with E-state index in [1.54, 1.807) is 13.2 Å². The fourth-order valence-electron chi connectivity index (χ4n) is 4.61. The van der Waals surface area contributed by atoms with Gasteiger partial charge < -0.3 is 9.32 Å². The fourth-order valence-corrected chi connectivity index (χ4v) is 4.61. The van der Waals surface area contributed by atoms with Gasteiger partial charge in [-0.05, 0) is 31.0 Å². The first kappa shape index (κ1) is 15.5. The molecule has 1 aromatic heterocycles. The lowest BCUT2D eigenvalue weighted by atomic mass is 9.69. The molecule has 24 heavy (non-hydrogen) atoms. The molecule has 2 atom stereocenters. The van der Waals surface area contributed by atoms with E-state index in [0.717, 1.165) is 39.0 Å². The number of hydrogen-bond acceptors (Lipinski definition) is 3. The smallest absolute Gasteiger partial charge is 0.219 e. The normalized spacial score (nSPS) is 27.2. The third-order valence-corrected chi connectivity index (χ3v) is 5.86. The number of benzene rings is 1. The topological polar surface area (TPSA) is 36.7 Å². The number of amides is 1. The zero-order valence-corrected chi connectivity index (χ0v) is 14.1. The number of piperidine rings is 1. The summed E-state index contributed by atoms with van der Waals surface area (Å²) in [5.41, 5.74) is 2.70. The van der Waals surface area contributed by atoms with Crippen LogP contribution in [0.1, 0.15) is 30.9 Å². The van der Waals surface area contributed by atoms with Gasteiger partial charge in [-0.3, -0.25) is 9.69 Å². The van der Waals surface area contributed by atoms with Crippen LogP contribution in [0, 0.1) is 0 Å². The molecule has 2 aromatic rings. The van der Waals surface area contributed by atoms with Crippen molar-refractivity contribution in [2.24, 2.45) is 0 Å². The van der Waals surface area contributed by atoms with Crippen molar-refractivity contribution in [2.45, 2.75) is 37.8 Å². The molecule has 0 N–H and O–H groups in total. The lowest BCUT2D eigenvalue weighted by Gasteiger charge is -2.46. The van der Waals surface area contributed by atoms with Crippen molar-refractivity contribution in [1.29, 1.82) is 0 Å². The van der Waals surface area contributed by atoms with Gasteiger partial charge in [-0.1, -0.05) is 30.3 Å². The molecule has 3 heterocycles. The number of carbonyl (C=O) groups excluding carboxylic acids is 1. The number of rotatable bonds is 3. The third kappa shape index (κ3) is 2.55. The van der Waals surface area contributed by atoms with Crippen molar-refractivity contribution in [3.63, 3.8) is 0 Å². The van der Waals surface area contributed by atoms with Crippen molar-refractivity contribution in [3.05, 3.63) is 60.1 Å². The quantitative estimate of drug-likeness (QED) is 0.871. The lowest BCUT2D eigenvalue weighted by Crippen LogP contribution is -2.56. The molecule has 0 aliphatic carbocycles. The van der Waals surface area contributed by atoms with Gasteiger partial charge in [-0.25, -0.2) is 0 Å². The van der Waals surface area contributed by atoms with Gasteiger partial charge >= 0.3 is 0 Å². The average Bonchev–Trinajstić information content (AvgIpc) is 3.23. The summed E-state index contributed by atoms with van der Waals surface area (Å²) in [4.78, 5) is 16.7. The summed E-state index contributed by atoms with van der Waals surface area (Å²) in [5.74, 6) is 0.197. The summed E-state index contributed by atoms with van der Waals surface area (Å²) in [6.45, 7) is 5.45. The second-order valence-corrected chi connectivity index (χ2v) is 7.12. The third-order valence-electron chi connectivity index (χ3n) is 5.86. The minimum Gasteiger partial charge on any atom is -0.472 e. The highest BCUT2D eigenvalue weighted by molar-refractivity contribution is 5.74. The molecule has 4 nitrogen and oxygen atoms in total. The van der Waals surface area contributed by atoms with Crippen LogP contribution in [-0.4, -0.2) is 41.4 Å². The second kappa shape index (κ2) is 6.10. The minimum absolute atomic E-state index is 0.111. The van der Waals surface area contributed by atoms with Crippen molar-refractivity contribution in [3.8, 4) is 0 Å². The highest BCUT2D eigenvalue weighted by atomic mass is 16.3. The lowest BCUT2D eigenvalue weighted by molar-refractivity contribution is -0.131. The van der Waals surface area contributed by atoms with E-state index in [2.05, 4.69) is 40.1 Å². The second-order valence-electron chi connectivity index (χ2n) is 7.12. The Morgan fingerprint density at radius 3 is 2.71 bits per heavy atom. The molecule has 1 aromatic carbocycles. The standard InChI is InChI=1S/C20H24N2O2/c1-16(23)22-11-9-20(18-5-3-2-4-6-18)8-10-21(14-19(20)22)13-17-7-12-24-15-17/h2-7,12,15,19H,8-11,13-14H2,1H3/t19-,20-/m0/s1. The number of furan rings is 1. The maximum absolute atomic E-state index is 12.2. The van der Waals surface area contributed by atoms with E-state index in [4.69, 9.17) is 4.42 Å². The van der Waals surface area contributed by atoms with Crippen LogP contribution in [-0.2, 0) is 16.8 Å². The number of likely N-dealkylation sites (tertiary alicyclic amines) is 2. The first-order valence-electron chi connectivity index (χ1n) is 8.75. The Morgan fingerprint density at radius 1 is 1.21 bits per heavy atom. The Hall–Kier alpha value is -2.07. The fraction of sp³-hybridized carbons (Fsp3) is 0.450. The van der Waals surface area contributed by atoms with E-state index in [9.17, 15) is 4.79 Å². The van der Waals surface area contributed by atoms with E-state index in [0.29, 0.717) is 0 Å². The largest absolute Gasteiger partial charge is 0.472 e. The van der Waals surface area contributed by atoms with E-state index < -0.39 is 0 Å². The Kier molecular flexibility index (Phi) is 3.93. The SMILES string of the molecule is CC(=O)N1CC[C@]2(c3ccccc3)CCN(Cc3ccoc3)C[C@H]12. The summed E-state index contributed by atoms with van der Waals surface area (Å²) in [6.07, 6.45) is 5.71. The van der Waals surface area contributed by atoms with Crippen LogP contribution in [0.3, 0.4) is 0 Å². The number of nitrogens with zero attached hydrogens (tertiary/aromatic N) is 2. The van der Waals surface area contributed by atoms with Gasteiger partial charge in [0.25, 0.3) is 0 Å². The first-order valence-corrected chi connectivity index (χ1v) is 8.75. The van der Waals surface area contributed by atoms with Crippen molar-refractivity contribution in [2.75, 3.05) is 19.6 Å². The number of hydrogen-bond donors (Lipinski definition) is 0. The molecule has 0 spiro atoms. The van der Waals surface area contributed by atoms with Crippen LogP contribution in [0.5, 0.6) is 0 Å². The van der Waals surface area contributed by atoms with Crippen molar-refractivity contribution >= 4 is 5.91 Å². The molecule has 0 bridgehead atoms. The van der Waals surface area contributed by atoms with Crippen LogP contribution < -0.4 is 0 Å². The van der Waals surface area contributed by atoms with Gasteiger partial charge in [0.15, 0.2) is 0 Å². The van der Waals surface area contributed by atoms with Gasteiger partial charge in [0.2, 0.25) is 5.91 Å². The first-order chi connectivity index (χ1) is 11.7. The average molecular weight is 324 g/mol. The van der Waals surface area contributed by atoms with E-state index in [1.165, 1.54) is 11.1 Å². The van der Waals surface area contributed by atoms with Crippen LogP contribution >= 0.6 is 0 Å². The Balaban J connectivity index is 1.62. The van der Waals surface area contributed by atoms with Gasteiger partial charge in [0.05, 0.1) is 18.6 Å². The van der Waals surface area contributed by atoms with Gasteiger partial charge in [-0.2, -0.15) is 0 Å². The van der Waals surface area contributed by atoms with Crippen molar-refractivity contribution < 1.29 is 9.21 Å². The summed E-state index contributed by atoms with van der Waals surface area (Å²) in [6, 6.07) is 13.1. The molecule has 2 aliphatic rings. The zero-order chi connectivity index (χ0) is 16.6. The van der Waals surface area contributed by atoms with Gasteiger partial charge in [-0.15, -0.1) is 0 Å². The summed E-state index contributed by atoms with van der Waals surface area (Å²) in [5, 5.41) is 0. The minimum atomic E-state index is 0.111. The molecule has 2 aliphatic heterocycles. The zero-order valence-electron chi connectivity index (χ0n) is 14.1. The highest BCUT2D eigenvalue weighted by Gasteiger charge is 2.51. The molecule has 0 unspecified atom stereocenters. The van der Waals surface area contributed by atoms with Gasteiger partial charge in [0, 0.05) is 37.5 Å². The molecule has 0 radical (unpaired) electrons. The Bertz CT molecular complexity index is 698. The molecule has 0 saturated carbocycles. The summed E-state index contributed by atoms with van der Waals surface area (Å²) >= 11 is 0. The van der Waals surface area contributed by atoms with Crippen LogP contribution in [0.25, 0.3) is 0 Å².